The fourth-order valence-corrected chi connectivity index (χ4v) is 4.41. The summed E-state index contributed by atoms with van der Waals surface area (Å²) < 4.78 is 5.11. The van der Waals surface area contributed by atoms with Crippen LogP contribution in [0, 0.1) is 23.7 Å². The highest BCUT2D eigenvalue weighted by molar-refractivity contribution is 5.81. The van der Waals surface area contributed by atoms with Crippen molar-refractivity contribution in [3.05, 3.63) is 0 Å². The first-order valence-corrected chi connectivity index (χ1v) is 8.14. The molecule has 2 bridgehead atoms. The van der Waals surface area contributed by atoms with E-state index in [0.29, 0.717) is 25.0 Å². The number of piperidine rings is 1. The molecule has 3 fully saturated rings. The van der Waals surface area contributed by atoms with E-state index in [-0.39, 0.29) is 17.8 Å². The Morgan fingerprint density at radius 1 is 1.20 bits per heavy atom. The number of hydrogen-bond donors (Lipinski definition) is 0. The third-order valence-electron chi connectivity index (χ3n) is 5.41. The van der Waals surface area contributed by atoms with Crippen LogP contribution in [0.5, 0.6) is 0 Å². The lowest BCUT2D eigenvalue weighted by Crippen LogP contribution is -2.46. The van der Waals surface area contributed by atoms with Gasteiger partial charge in [-0.2, -0.15) is 0 Å². The number of esters is 1. The minimum Gasteiger partial charge on any atom is -0.466 e. The largest absolute Gasteiger partial charge is 0.466 e. The monoisotopic (exact) mass is 279 g/mol. The fourth-order valence-electron chi connectivity index (χ4n) is 4.41. The van der Waals surface area contributed by atoms with Gasteiger partial charge in [-0.3, -0.25) is 9.59 Å². The summed E-state index contributed by atoms with van der Waals surface area (Å²) in [4.78, 5) is 26.5. The first-order valence-electron chi connectivity index (χ1n) is 8.14. The maximum absolute atomic E-state index is 12.7. The second-order valence-electron chi connectivity index (χ2n) is 6.66. The number of hydrogen-bond acceptors (Lipinski definition) is 3. The zero-order valence-electron chi connectivity index (χ0n) is 12.3. The van der Waals surface area contributed by atoms with Crippen molar-refractivity contribution < 1.29 is 14.3 Å². The molecule has 20 heavy (non-hydrogen) atoms. The summed E-state index contributed by atoms with van der Waals surface area (Å²) in [6.07, 6.45) is 6.68. The summed E-state index contributed by atoms with van der Waals surface area (Å²) >= 11 is 0. The van der Waals surface area contributed by atoms with E-state index in [2.05, 4.69) is 0 Å². The van der Waals surface area contributed by atoms with E-state index < -0.39 is 0 Å². The van der Waals surface area contributed by atoms with Gasteiger partial charge in [-0.1, -0.05) is 6.42 Å². The number of likely N-dealkylation sites (tertiary alicyclic amines) is 1. The topological polar surface area (TPSA) is 46.6 Å². The molecule has 3 rings (SSSR count). The third kappa shape index (κ3) is 2.57. The number of nitrogens with zero attached hydrogens (tertiary/aromatic N) is 1. The number of rotatable bonds is 3. The van der Waals surface area contributed by atoms with Crippen LogP contribution in [-0.2, 0) is 14.3 Å². The van der Waals surface area contributed by atoms with Crippen LogP contribution in [0.3, 0.4) is 0 Å². The predicted octanol–water partition coefficient (Wildman–Crippen LogP) is 2.22. The number of carbonyl (C=O) groups is 2. The molecule has 1 aliphatic heterocycles. The quantitative estimate of drug-likeness (QED) is 0.744. The van der Waals surface area contributed by atoms with Crippen molar-refractivity contribution in [2.75, 3.05) is 19.7 Å². The van der Waals surface area contributed by atoms with E-state index in [1.54, 1.807) is 0 Å². The highest BCUT2D eigenvalue weighted by Gasteiger charge is 2.45. The lowest BCUT2D eigenvalue weighted by molar-refractivity contribution is -0.152. The van der Waals surface area contributed by atoms with Crippen LogP contribution < -0.4 is 0 Å². The maximum Gasteiger partial charge on any atom is 0.310 e. The molecule has 0 spiro atoms. The number of fused-ring (bicyclic) bond motifs is 2. The number of carbonyl (C=O) groups excluding carboxylic acids is 2. The van der Waals surface area contributed by atoms with Gasteiger partial charge in [-0.05, 0) is 50.9 Å². The Hall–Kier alpha value is -1.06. The Kier molecular flexibility index (Phi) is 3.99. The molecule has 4 atom stereocenters. The molecule has 0 aromatic rings. The second-order valence-corrected chi connectivity index (χ2v) is 6.66. The molecule has 3 aliphatic rings. The Morgan fingerprint density at radius 2 is 2.05 bits per heavy atom. The molecule has 112 valence electrons. The Balaban J connectivity index is 1.59. The van der Waals surface area contributed by atoms with Crippen molar-refractivity contribution in [3.8, 4) is 0 Å². The summed E-state index contributed by atoms with van der Waals surface area (Å²) in [6.45, 7) is 3.66. The smallest absolute Gasteiger partial charge is 0.310 e. The van der Waals surface area contributed by atoms with Crippen molar-refractivity contribution in [2.45, 2.75) is 45.4 Å². The van der Waals surface area contributed by atoms with Crippen LogP contribution in [0.1, 0.15) is 45.4 Å². The minimum atomic E-state index is -0.127. The molecule has 0 unspecified atom stereocenters. The van der Waals surface area contributed by atoms with Crippen LogP contribution in [0.25, 0.3) is 0 Å². The van der Waals surface area contributed by atoms with Crippen molar-refractivity contribution >= 4 is 11.9 Å². The van der Waals surface area contributed by atoms with Gasteiger partial charge in [0.2, 0.25) is 5.91 Å². The Bertz CT molecular complexity index is 395. The molecule has 0 aromatic heterocycles. The van der Waals surface area contributed by atoms with Crippen LogP contribution >= 0.6 is 0 Å². The minimum absolute atomic E-state index is 0.105. The van der Waals surface area contributed by atoms with Gasteiger partial charge in [0, 0.05) is 19.0 Å². The zero-order valence-corrected chi connectivity index (χ0v) is 12.3. The van der Waals surface area contributed by atoms with Gasteiger partial charge in [0.1, 0.15) is 0 Å². The van der Waals surface area contributed by atoms with Crippen molar-refractivity contribution in [1.82, 2.24) is 4.90 Å². The molecular weight excluding hydrogens is 254 g/mol. The molecule has 0 aromatic carbocycles. The van der Waals surface area contributed by atoms with Crippen molar-refractivity contribution in [1.29, 1.82) is 0 Å². The summed E-state index contributed by atoms with van der Waals surface area (Å²) in [7, 11) is 0. The molecule has 4 heteroatoms. The van der Waals surface area contributed by atoms with Gasteiger partial charge in [0.15, 0.2) is 0 Å². The van der Waals surface area contributed by atoms with E-state index in [0.717, 1.165) is 31.7 Å². The maximum atomic E-state index is 12.7. The van der Waals surface area contributed by atoms with E-state index in [1.165, 1.54) is 19.3 Å². The molecule has 1 saturated heterocycles. The molecule has 0 radical (unpaired) electrons. The van der Waals surface area contributed by atoms with E-state index in [9.17, 15) is 9.59 Å². The molecule has 4 nitrogen and oxygen atoms in total. The first-order chi connectivity index (χ1) is 9.69. The molecule has 1 amide bonds. The van der Waals surface area contributed by atoms with Gasteiger partial charge < -0.3 is 9.64 Å². The SMILES string of the molecule is CCOC(=O)[C@H]1CCCN(C(=O)[C@@H]2C[C@@H]3CC[C@@H]2C3)C1. The summed E-state index contributed by atoms with van der Waals surface area (Å²) in [6, 6.07) is 0. The highest BCUT2D eigenvalue weighted by atomic mass is 16.5. The zero-order chi connectivity index (χ0) is 14.1. The Morgan fingerprint density at radius 3 is 2.70 bits per heavy atom. The average molecular weight is 279 g/mol. The Labute approximate surface area is 120 Å². The molecular formula is C16H25NO3. The van der Waals surface area contributed by atoms with Gasteiger partial charge in [-0.15, -0.1) is 0 Å². The van der Waals surface area contributed by atoms with Crippen LogP contribution in [0.4, 0.5) is 0 Å². The summed E-state index contributed by atoms with van der Waals surface area (Å²) in [5, 5.41) is 0. The number of ether oxygens (including phenoxy) is 1. The van der Waals surface area contributed by atoms with Crippen LogP contribution in [0.15, 0.2) is 0 Å². The van der Waals surface area contributed by atoms with Crippen LogP contribution in [0.2, 0.25) is 0 Å². The van der Waals surface area contributed by atoms with Crippen molar-refractivity contribution in [2.24, 2.45) is 23.7 Å². The third-order valence-corrected chi connectivity index (χ3v) is 5.41. The second kappa shape index (κ2) is 5.74. The lowest BCUT2D eigenvalue weighted by atomic mass is 9.86. The predicted molar refractivity (Wildman–Crippen MR) is 74.9 cm³/mol. The summed E-state index contributed by atoms with van der Waals surface area (Å²) in [5.74, 6) is 1.74. The fraction of sp³-hybridized carbons (Fsp3) is 0.875. The lowest BCUT2D eigenvalue weighted by Gasteiger charge is -2.35. The van der Waals surface area contributed by atoms with Crippen molar-refractivity contribution in [3.63, 3.8) is 0 Å². The van der Waals surface area contributed by atoms with Gasteiger partial charge in [0.25, 0.3) is 0 Å². The van der Waals surface area contributed by atoms with Gasteiger partial charge >= 0.3 is 5.97 Å². The van der Waals surface area contributed by atoms with E-state index >= 15 is 0 Å². The highest BCUT2D eigenvalue weighted by Crippen LogP contribution is 2.49. The number of amides is 1. The van der Waals surface area contributed by atoms with Gasteiger partial charge in [-0.25, -0.2) is 0 Å². The molecule has 2 saturated carbocycles. The van der Waals surface area contributed by atoms with Gasteiger partial charge in [0.05, 0.1) is 12.5 Å². The molecule has 0 N–H and O–H groups in total. The normalized spacial score (nSPS) is 36.1. The molecule has 2 aliphatic carbocycles. The van der Waals surface area contributed by atoms with E-state index in [4.69, 9.17) is 4.74 Å². The average Bonchev–Trinajstić information content (AvgIpc) is 3.09. The first kappa shape index (κ1) is 13.9. The molecule has 1 heterocycles. The summed E-state index contributed by atoms with van der Waals surface area (Å²) in [5.41, 5.74) is 0. The standard InChI is InChI=1S/C16H25NO3/c1-2-20-16(19)13-4-3-7-17(10-13)15(18)14-9-11-5-6-12(14)8-11/h11-14H,2-10H2,1H3/t11-,12-,13+,14-/m1/s1. The van der Waals surface area contributed by atoms with E-state index in [1.807, 2.05) is 11.8 Å². The van der Waals surface area contributed by atoms with Crippen LogP contribution in [-0.4, -0.2) is 36.5 Å².